The lowest BCUT2D eigenvalue weighted by molar-refractivity contribution is -0.116. The molecular weight excluding hydrogens is 247 g/mol. The third kappa shape index (κ3) is 4.14. The van der Waals surface area contributed by atoms with Gasteiger partial charge in [0.2, 0.25) is 0 Å². The summed E-state index contributed by atoms with van der Waals surface area (Å²) in [5.74, 6) is 0.00333. The number of hydrogen-bond acceptors (Lipinski definition) is 2. The topological polar surface area (TPSA) is 17.1 Å². The Labute approximate surface area is 104 Å². The molecule has 4 heteroatoms. The summed E-state index contributed by atoms with van der Waals surface area (Å²) in [5, 5.41) is 0.725. The van der Waals surface area contributed by atoms with Gasteiger partial charge in [0.05, 0.1) is 5.75 Å². The molecular formula is C12H14ClFOS. The second-order valence-electron chi connectivity index (χ2n) is 3.78. The number of carbonyl (C=O) groups is 1. The lowest BCUT2D eigenvalue weighted by Gasteiger charge is -2.06. The molecule has 0 atom stereocenters. The van der Waals surface area contributed by atoms with Crippen LogP contribution >= 0.6 is 23.4 Å². The molecule has 0 saturated heterocycles. The van der Waals surface area contributed by atoms with Crippen molar-refractivity contribution in [2.24, 2.45) is 0 Å². The molecule has 16 heavy (non-hydrogen) atoms. The molecule has 0 aromatic heterocycles. The number of thioether (sulfide) groups is 1. The molecule has 1 aromatic rings. The summed E-state index contributed by atoms with van der Waals surface area (Å²) in [5.41, 5.74) is 0.304. The van der Waals surface area contributed by atoms with Crippen LogP contribution in [0.1, 0.15) is 19.4 Å². The molecule has 1 nitrogen and oxygen atoms in total. The van der Waals surface area contributed by atoms with Crippen LogP contribution in [0, 0.1) is 5.82 Å². The number of Topliss-reactive ketones (excluding diaryl/α,β-unsaturated/α-hetero) is 1. The third-order valence-corrected chi connectivity index (χ3v) is 3.52. The molecule has 0 N–H and O–H groups in total. The largest absolute Gasteiger partial charge is 0.298 e. The summed E-state index contributed by atoms with van der Waals surface area (Å²) in [7, 11) is 0. The van der Waals surface area contributed by atoms with Crippen molar-refractivity contribution in [1.29, 1.82) is 0 Å². The van der Waals surface area contributed by atoms with Crippen molar-refractivity contribution in [3.05, 3.63) is 34.6 Å². The molecule has 0 heterocycles. The van der Waals surface area contributed by atoms with Crippen molar-refractivity contribution in [2.75, 3.05) is 5.75 Å². The van der Waals surface area contributed by atoms with E-state index in [-0.39, 0.29) is 12.2 Å². The maximum absolute atomic E-state index is 13.4. The highest BCUT2D eigenvalue weighted by Crippen LogP contribution is 2.20. The fourth-order valence-corrected chi connectivity index (χ4v) is 2.06. The van der Waals surface area contributed by atoms with Crippen LogP contribution in [0.2, 0.25) is 5.02 Å². The van der Waals surface area contributed by atoms with Gasteiger partial charge in [-0.25, -0.2) is 4.39 Å². The molecule has 0 amide bonds. The van der Waals surface area contributed by atoms with Gasteiger partial charge in [0, 0.05) is 17.0 Å². The standard InChI is InChI=1S/C12H14ClFOS/c1-8(2)16-7-9(15)6-10-11(13)4-3-5-12(10)14/h3-5,8H,6-7H2,1-2H3. The van der Waals surface area contributed by atoms with E-state index >= 15 is 0 Å². The van der Waals surface area contributed by atoms with Gasteiger partial charge >= 0.3 is 0 Å². The van der Waals surface area contributed by atoms with Crippen molar-refractivity contribution in [3.8, 4) is 0 Å². The van der Waals surface area contributed by atoms with E-state index in [1.165, 1.54) is 12.1 Å². The van der Waals surface area contributed by atoms with Gasteiger partial charge in [-0.15, -0.1) is 0 Å². The maximum atomic E-state index is 13.4. The summed E-state index contributed by atoms with van der Waals surface area (Å²) < 4.78 is 13.4. The number of hydrogen-bond donors (Lipinski definition) is 0. The fraction of sp³-hybridized carbons (Fsp3) is 0.417. The van der Waals surface area contributed by atoms with Crippen molar-refractivity contribution >= 4 is 29.1 Å². The van der Waals surface area contributed by atoms with E-state index in [0.717, 1.165) is 0 Å². The van der Waals surface area contributed by atoms with Gasteiger partial charge in [-0.2, -0.15) is 11.8 Å². The molecule has 0 aliphatic carbocycles. The minimum Gasteiger partial charge on any atom is -0.298 e. The summed E-state index contributed by atoms with van der Waals surface area (Å²) in [6, 6.07) is 4.46. The highest BCUT2D eigenvalue weighted by Gasteiger charge is 2.12. The number of halogens is 2. The number of rotatable bonds is 5. The zero-order valence-corrected chi connectivity index (χ0v) is 10.9. The van der Waals surface area contributed by atoms with Gasteiger partial charge in [0.1, 0.15) is 11.6 Å². The van der Waals surface area contributed by atoms with E-state index < -0.39 is 5.82 Å². The van der Waals surface area contributed by atoms with Gasteiger partial charge in [-0.05, 0) is 17.4 Å². The molecule has 0 fully saturated rings. The van der Waals surface area contributed by atoms with Crippen LogP contribution in [-0.4, -0.2) is 16.8 Å². The van der Waals surface area contributed by atoms with Crippen LogP contribution in [-0.2, 0) is 11.2 Å². The Bertz CT molecular complexity index is 359. The second kappa shape index (κ2) is 6.26. The number of benzene rings is 1. The molecule has 0 saturated carbocycles. The van der Waals surface area contributed by atoms with Crippen molar-refractivity contribution in [3.63, 3.8) is 0 Å². The summed E-state index contributed by atoms with van der Waals surface area (Å²) >= 11 is 7.39. The number of carbonyl (C=O) groups excluding carboxylic acids is 1. The lowest BCUT2D eigenvalue weighted by atomic mass is 10.1. The van der Waals surface area contributed by atoms with Crippen LogP contribution in [0.15, 0.2) is 18.2 Å². The highest BCUT2D eigenvalue weighted by molar-refractivity contribution is 8.00. The molecule has 0 unspecified atom stereocenters. The van der Waals surface area contributed by atoms with E-state index in [1.807, 2.05) is 13.8 Å². The summed E-state index contributed by atoms with van der Waals surface area (Å²) in [4.78, 5) is 11.6. The first kappa shape index (κ1) is 13.5. The van der Waals surface area contributed by atoms with E-state index in [1.54, 1.807) is 17.8 Å². The Morgan fingerprint density at radius 1 is 1.50 bits per heavy atom. The maximum Gasteiger partial charge on any atom is 0.147 e. The van der Waals surface area contributed by atoms with Crippen LogP contribution in [0.3, 0.4) is 0 Å². The SMILES string of the molecule is CC(C)SCC(=O)Cc1c(F)cccc1Cl. The molecule has 1 rings (SSSR count). The van der Waals surface area contributed by atoms with Gasteiger partial charge in [-0.3, -0.25) is 4.79 Å². The number of ketones is 1. The minimum absolute atomic E-state index is 0.00528. The van der Waals surface area contributed by atoms with E-state index in [2.05, 4.69) is 0 Å². The molecule has 0 bridgehead atoms. The quantitative estimate of drug-likeness (QED) is 0.802. The first-order valence-corrected chi connectivity index (χ1v) is 6.49. The first-order valence-electron chi connectivity index (χ1n) is 5.07. The first-order chi connectivity index (χ1) is 7.50. The van der Waals surface area contributed by atoms with Crippen LogP contribution in [0.5, 0.6) is 0 Å². The smallest absolute Gasteiger partial charge is 0.147 e. The van der Waals surface area contributed by atoms with Gasteiger partial charge in [0.25, 0.3) is 0 Å². The highest BCUT2D eigenvalue weighted by atomic mass is 35.5. The van der Waals surface area contributed by atoms with Crippen molar-refractivity contribution in [1.82, 2.24) is 0 Å². The Morgan fingerprint density at radius 3 is 2.75 bits per heavy atom. The lowest BCUT2D eigenvalue weighted by Crippen LogP contribution is -2.09. The Kier molecular flexibility index (Phi) is 5.29. The van der Waals surface area contributed by atoms with Crippen LogP contribution in [0.25, 0.3) is 0 Å². The second-order valence-corrected chi connectivity index (χ2v) is 5.75. The monoisotopic (exact) mass is 260 g/mol. The molecule has 0 radical (unpaired) electrons. The van der Waals surface area contributed by atoms with Gasteiger partial charge in [-0.1, -0.05) is 31.5 Å². The molecule has 0 aliphatic heterocycles. The molecule has 88 valence electrons. The predicted molar refractivity (Wildman–Crippen MR) is 67.7 cm³/mol. The zero-order chi connectivity index (χ0) is 12.1. The predicted octanol–water partition coefficient (Wildman–Crippen LogP) is 3.73. The van der Waals surface area contributed by atoms with Crippen LogP contribution in [0.4, 0.5) is 4.39 Å². The normalized spacial score (nSPS) is 10.8. The third-order valence-electron chi connectivity index (χ3n) is 2.01. The van der Waals surface area contributed by atoms with Crippen molar-refractivity contribution < 1.29 is 9.18 Å². The molecule has 1 aromatic carbocycles. The summed E-state index contributed by atoms with van der Waals surface area (Å²) in [6.45, 7) is 4.04. The van der Waals surface area contributed by atoms with E-state index in [9.17, 15) is 9.18 Å². The fourth-order valence-electron chi connectivity index (χ4n) is 1.21. The van der Waals surface area contributed by atoms with Gasteiger partial charge < -0.3 is 0 Å². The average molecular weight is 261 g/mol. The van der Waals surface area contributed by atoms with Crippen molar-refractivity contribution in [2.45, 2.75) is 25.5 Å². The van der Waals surface area contributed by atoms with E-state index in [0.29, 0.717) is 21.6 Å². The minimum atomic E-state index is -0.407. The zero-order valence-electron chi connectivity index (χ0n) is 9.30. The molecule has 0 spiro atoms. The van der Waals surface area contributed by atoms with E-state index in [4.69, 9.17) is 11.6 Å². The Morgan fingerprint density at radius 2 is 2.19 bits per heavy atom. The average Bonchev–Trinajstić information content (AvgIpc) is 2.21. The Hall–Kier alpha value is -0.540. The van der Waals surface area contributed by atoms with Crippen LogP contribution < -0.4 is 0 Å². The summed E-state index contributed by atoms with van der Waals surface area (Å²) in [6.07, 6.45) is 0.0746. The Balaban J connectivity index is 2.63. The molecule has 0 aliphatic rings. The van der Waals surface area contributed by atoms with Gasteiger partial charge in [0.15, 0.2) is 0 Å².